The van der Waals surface area contributed by atoms with Crippen LogP contribution in [0.15, 0.2) is 24.3 Å². The predicted octanol–water partition coefficient (Wildman–Crippen LogP) is 2.75. The number of hydrogen-bond acceptors (Lipinski definition) is 2. The van der Waals surface area contributed by atoms with Crippen molar-refractivity contribution < 1.29 is 0 Å². The fourth-order valence-corrected chi connectivity index (χ4v) is 1.64. The molecule has 2 rings (SSSR count). The van der Waals surface area contributed by atoms with Crippen LogP contribution in [-0.4, -0.2) is 14.8 Å². The summed E-state index contributed by atoms with van der Waals surface area (Å²) in [7, 11) is 1.85. The second kappa shape index (κ2) is 3.82. The molecule has 0 radical (unpaired) electrons. The zero-order valence-electron chi connectivity index (χ0n) is 7.49. The average molecular weight is 317 g/mol. The second-order valence-electron chi connectivity index (χ2n) is 2.92. The van der Waals surface area contributed by atoms with Crippen LogP contribution in [-0.2, 0) is 7.05 Å². The van der Waals surface area contributed by atoms with Gasteiger partial charge in [0.15, 0.2) is 5.82 Å². The lowest BCUT2D eigenvalue weighted by atomic mass is 10.2. The highest BCUT2D eigenvalue weighted by Crippen LogP contribution is 2.15. The molecule has 0 aliphatic rings. The van der Waals surface area contributed by atoms with Crippen molar-refractivity contribution in [3.05, 3.63) is 32.6 Å². The molecule has 1 N–H and O–H groups in total. The van der Waals surface area contributed by atoms with E-state index < -0.39 is 0 Å². The van der Waals surface area contributed by atoms with Crippen molar-refractivity contribution in [1.29, 1.82) is 0 Å². The Morgan fingerprint density at radius 1 is 1.36 bits per heavy atom. The molecule has 5 heteroatoms. The van der Waals surface area contributed by atoms with E-state index in [1.165, 1.54) is 3.57 Å². The topological polar surface area (TPSA) is 33.6 Å². The molecule has 0 unspecified atom stereocenters. The minimum atomic E-state index is 0.568. The van der Waals surface area contributed by atoms with E-state index in [0.29, 0.717) is 4.77 Å². The maximum absolute atomic E-state index is 5.02. The zero-order valence-corrected chi connectivity index (χ0v) is 10.5. The van der Waals surface area contributed by atoms with Crippen LogP contribution in [0.4, 0.5) is 0 Å². The Morgan fingerprint density at radius 2 is 2.00 bits per heavy atom. The highest BCUT2D eigenvalue weighted by atomic mass is 127. The molecule has 0 spiro atoms. The van der Waals surface area contributed by atoms with E-state index in [9.17, 15) is 0 Å². The number of nitrogens with zero attached hydrogens (tertiary/aromatic N) is 2. The van der Waals surface area contributed by atoms with E-state index in [1.54, 1.807) is 4.68 Å². The molecule has 14 heavy (non-hydrogen) atoms. The second-order valence-corrected chi connectivity index (χ2v) is 4.53. The van der Waals surface area contributed by atoms with Gasteiger partial charge in [0.05, 0.1) is 0 Å². The van der Waals surface area contributed by atoms with Gasteiger partial charge in [0.2, 0.25) is 4.77 Å². The number of aromatic nitrogens is 3. The number of nitrogens with one attached hydrogen (secondary N) is 1. The summed E-state index contributed by atoms with van der Waals surface area (Å²) in [5, 5.41) is 3.08. The first-order chi connectivity index (χ1) is 6.66. The number of halogens is 1. The molecule has 3 nitrogen and oxygen atoms in total. The minimum absolute atomic E-state index is 0.568. The lowest BCUT2D eigenvalue weighted by Crippen LogP contribution is -1.89. The van der Waals surface area contributed by atoms with Crippen LogP contribution in [0.2, 0.25) is 0 Å². The SMILES string of the molecule is Cn1[nH]c(-c2ccc(I)cc2)nc1=S. The monoisotopic (exact) mass is 317 g/mol. The Morgan fingerprint density at radius 3 is 2.50 bits per heavy atom. The first-order valence-electron chi connectivity index (χ1n) is 4.06. The lowest BCUT2D eigenvalue weighted by Gasteiger charge is -1.95. The maximum Gasteiger partial charge on any atom is 0.216 e. The van der Waals surface area contributed by atoms with Gasteiger partial charge in [0.25, 0.3) is 0 Å². The largest absolute Gasteiger partial charge is 0.279 e. The summed E-state index contributed by atoms with van der Waals surface area (Å²) in [6.45, 7) is 0. The predicted molar refractivity (Wildman–Crippen MR) is 66.5 cm³/mol. The summed E-state index contributed by atoms with van der Waals surface area (Å²) in [5.74, 6) is 0.814. The van der Waals surface area contributed by atoms with Crippen molar-refractivity contribution >= 4 is 34.8 Å². The van der Waals surface area contributed by atoms with Crippen molar-refractivity contribution in [2.45, 2.75) is 0 Å². The van der Waals surface area contributed by atoms with Crippen molar-refractivity contribution in [3.63, 3.8) is 0 Å². The van der Waals surface area contributed by atoms with Crippen LogP contribution in [0.5, 0.6) is 0 Å². The molecule has 0 fully saturated rings. The Hall–Kier alpha value is -0.690. The van der Waals surface area contributed by atoms with Gasteiger partial charge < -0.3 is 0 Å². The minimum Gasteiger partial charge on any atom is -0.279 e. The van der Waals surface area contributed by atoms with Gasteiger partial charge in [0, 0.05) is 16.2 Å². The van der Waals surface area contributed by atoms with E-state index in [0.717, 1.165) is 11.4 Å². The third-order valence-corrected chi connectivity index (χ3v) is 2.97. The normalized spacial score (nSPS) is 10.4. The lowest BCUT2D eigenvalue weighted by molar-refractivity contribution is 0.756. The number of H-pyrrole nitrogens is 1. The molecule has 1 aromatic heterocycles. The summed E-state index contributed by atoms with van der Waals surface area (Å²) in [4.78, 5) is 4.23. The summed E-state index contributed by atoms with van der Waals surface area (Å²) < 4.78 is 3.50. The fraction of sp³-hybridized carbons (Fsp3) is 0.111. The molecular formula is C9H8IN3S. The van der Waals surface area contributed by atoms with Gasteiger partial charge in [0.1, 0.15) is 0 Å². The molecule has 0 saturated carbocycles. The Bertz CT molecular complexity index is 498. The van der Waals surface area contributed by atoms with E-state index in [1.807, 2.05) is 31.3 Å². The van der Waals surface area contributed by atoms with E-state index in [2.05, 4.69) is 32.7 Å². The molecule has 0 atom stereocenters. The van der Waals surface area contributed by atoms with Gasteiger partial charge in [-0.1, -0.05) is 12.1 Å². The van der Waals surface area contributed by atoms with Crippen LogP contribution >= 0.6 is 34.8 Å². The van der Waals surface area contributed by atoms with Crippen molar-refractivity contribution in [1.82, 2.24) is 14.8 Å². The fourth-order valence-electron chi connectivity index (χ4n) is 1.14. The van der Waals surface area contributed by atoms with E-state index >= 15 is 0 Å². The first-order valence-corrected chi connectivity index (χ1v) is 5.54. The van der Waals surface area contributed by atoms with Gasteiger partial charge in [-0.25, -0.2) is 0 Å². The maximum atomic E-state index is 5.02. The quantitative estimate of drug-likeness (QED) is 0.648. The third-order valence-electron chi connectivity index (χ3n) is 1.89. The van der Waals surface area contributed by atoms with Gasteiger partial charge in [-0.15, -0.1) is 0 Å². The Balaban J connectivity index is 2.49. The van der Waals surface area contributed by atoms with Crippen LogP contribution < -0.4 is 0 Å². The molecule has 1 heterocycles. The highest BCUT2D eigenvalue weighted by Gasteiger charge is 2.01. The van der Waals surface area contributed by atoms with Gasteiger partial charge in [-0.05, 0) is 46.9 Å². The van der Waals surface area contributed by atoms with Crippen LogP contribution in [0, 0.1) is 8.34 Å². The molecular weight excluding hydrogens is 309 g/mol. The van der Waals surface area contributed by atoms with Gasteiger partial charge in [-0.2, -0.15) is 4.98 Å². The number of aryl methyl sites for hydroxylation is 1. The molecule has 0 aliphatic carbocycles. The Labute approximate surface area is 100 Å². The molecule has 1 aromatic carbocycles. The highest BCUT2D eigenvalue weighted by molar-refractivity contribution is 14.1. The number of hydrogen-bond donors (Lipinski definition) is 1. The van der Waals surface area contributed by atoms with Gasteiger partial charge in [-0.3, -0.25) is 9.78 Å². The summed E-state index contributed by atoms with van der Waals surface area (Å²) >= 11 is 7.29. The van der Waals surface area contributed by atoms with Crippen molar-refractivity contribution in [2.75, 3.05) is 0 Å². The van der Waals surface area contributed by atoms with Crippen LogP contribution in [0.3, 0.4) is 0 Å². The van der Waals surface area contributed by atoms with Crippen molar-refractivity contribution in [3.8, 4) is 11.4 Å². The molecule has 0 amide bonds. The number of aromatic amines is 1. The van der Waals surface area contributed by atoms with Crippen molar-refractivity contribution in [2.24, 2.45) is 7.05 Å². The third kappa shape index (κ3) is 1.88. The first kappa shape index (κ1) is 9.85. The molecule has 0 saturated heterocycles. The van der Waals surface area contributed by atoms with E-state index in [-0.39, 0.29) is 0 Å². The Kier molecular flexibility index (Phi) is 2.69. The molecule has 72 valence electrons. The summed E-state index contributed by atoms with van der Waals surface area (Å²) in [5.41, 5.74) is 1.05. The van der Waals surface area contributed by atoms with E-state index in [4.69, 9.17) is 12.2 Å². The average Bonchev–Trinajstić information content (AvgIpc) is 2.48. The number of rotatable bonds is 1. The smallest absolute Gasteiger partial charge is 0.216 e. The molecule has 2 aromatic rings. The summed E-state index contributed by atoms with van der Waals surface area (Å²) in [6, 6.07) is 8.13. The zero-order chi connectivity index (χ0) is 10.1. The van der Waals surface area contributed by atoms with Gasteiger partial charge >= 0.3 is 0 Å². The number of benzene rings is 1. The summed E-state index contributed by atoms with van der Waals surface area (Å²) in [6.07, 6.45) is 0. The van der Waals surface area contributed by atoms with Crippen LogP contribution in [0.1, 0.15) is 0 Å². The molecule has 0 aliphatic heterocycles. The van der Waals surface area contributed by atoms with Crippen LogP contribution in [0.25, 0.3) is 11.4 Å². The molecule has 0 bridgehead atoms. The standard InChI is InChI=1S/C9H8IN3S/c1-13-9(14)11-8(12-13)6-2-4-7(10)5-3-6/h2-5H,1H3,(H,11,12,14).